The Hall–Kier alpha value is -2.64. The molecular formula is C19H20N2O2. The minimum Gasteiger partial charge on any atom is -0.478 e. The van der Waals surface area contributed by atoms with Crippen LogP contribution in [-0.2, 0) is 6.54 Å². The third-order valence-electron chi connectivity index (χ3n) is 3.74. The van der Waals surface area contributed by atoms with Gasteiger partial charge in [0.05, 0.1) is 11.6 Å². The van der Waals surface area contributed by atoms with Crippen molar-refractivity contribution in [1.82, 2.24) is 5.32 Å². The molecule has 2 rings (SSSR count). The van der Waals surface area contributed by atoms with E-state index in [-0.39, 0.29) is 6.04 Å². The molecule has 0 aliphatic rings. The lowest BCUT2D eigenvalue weighted by Gasteiger charge is -2.19. The van der Waals surface area contributed by atoms with E-state index in [1.165, 1.54) is 5.56 Å². The summed E-state index contributed by atoms with van der Waals surface area (Å²) < 4.78 is 0. The van der Waals surface area contributed by atoms with Crippen molar-refractivity contribution in [1.29, 1.82) is 5.26 Å². The summed E-state index contributed by atoms with van der Waals surface area (Å²) in [5, 5.41) is 21.1. The van der Waals surface area contributed by atoms with Gasteiger partial charge in [-0.2, -0.15) is 5.26 Å². The van der Waals surface area contributed by atoms with E-state index in [4.69, 9.17) is 10.4 Å². The van der Waals surface area contributed by atoms with Crippen molar-refractivity contribution in [2.45, 2.75) is 31.8 Å². The van der Waals surface area contributed by atoms with Gasteiger partial charge in [0, 0.05) is 19.0 Å². The van der Waals surface area contributed by atoms with E-state index in [2.05, 4.69) is 23.5 Å². The zero-order chi connectivity index (χ0) is 16.5. The van der Waals surface area contributed by atoms with Gasteiger partial charge in [0.25, 0.3) is 0 Å². The number of aromatic carboxylic acids is 1. The summed E-state index contributed by atoms with van der Waals surface area (Å²) in [4.78, 5) is 10.9. The van der Waals surface area contributed by atoms with Gasteiger partial charge in [0.1, 0.15) is 0 Å². The summed E-state index contributed by atoms with van der Waals surface area (Å²) >= 11 is 0. The second-order valence-corrected chi connectivity index (χ2v) is 5.40. The van der Waals surface area contributed by atoms with Crippen molar-refractivity contribution in [3.63, 3.8) is 0 Å². The molecule has 4 heteroatoms. The Bertz CT molecular complexity index is 660. The van der Waals surface area contributed by atoms with E-state index in [1.807, 2.05) is 30.3 Å². The molecule has 2 aromatic rings. The summed E-state index contributed by atoms with van der Waals surface area (Å²) in [7, 11) is 0. The van der Waals surface area contributed by atoms with Gasteiger partial charge in [0.15, 0.2) is 0 Å². The Balaban J connectivity index is 2.00. The highest BCUT2D eigenvalue weighted by Gasteiger charge is 2.10. The standard InChI is InChI=1S/C19H20N2O2/c20-13-5-4-8-18(16-6-2-1-3-7-16)21-14-15-9-11-17(12-10-15)19(22)23/h1-3,6-7,9-12,18,21H,4-5,8,14H2,(H,22,23). The van der Waals surface area contributed by atoms with Crippen LogP contribution in [0.3, 0.4) is 0 Å². The predicted octanol–water partition coefficient (Wildman–Crippen LogP) is 3.91. The Morgan fingerprint density at radius 1 is 1.13 bits per heavy atom. The first-order chi connectivity index (χ1) is 11.2. The smallest absolute Gasteiger partial charge is 0.335 e. The zero-order valence-electron chi connectivity index (χ0n) is 12.9. The highest BCUT2D eigenvalue weighted by atomic mass is 16.4. The second-order valence-electron chi connectivity index (χ2n) is 5.40. The van der Waals surface area contributed by atoms with Crippen LogP contribution in [-0.4, -0.2) is 11.1 Å². The molecule has 0 heterocycles. The van der Waals surface area contributed by atoms with Crippen molar-refractivity contribution in [3.8, 4) is 6.07 Å². The molecule has 1 atom stereocenters. The van der Waals surface area contributed by atoms with E-state index in [9.17, 15) is 4.79 Å². The third-order valence-corrected chi connectivity index (χ3v) is 3.74. The van der Waals surface area contributed by atoms with Gasteiger partial charge in [-0.05, 0) is 36.1 Å². The maximum atomic E-state index is 10.9. The van der Waals surface area contributed by atoms with E-state index in [0.717, 1.165) is 18.4 Å². The number of hydrogen-bond donors (Lipinski definition) is 2. The number of carboxylic acid groups (broad SMARTS) is 1. The first kappa shape index (κ1) is 16.7. The fraction of sp³-hybridized carbons (Fsp3) is 0.263. The molecule has 0 bridgehead atoms. The molecule has 0 aliphatic carbocycles. The van der Waals surface area contributed by atoms with Gasteiger partial charge in [-0.15, -0.1) is 0 Å². The summed E-state index contributed by atoms with van der Waals surface area (Å²) in [6.07, 6.45) is 2.30. The number of nitriles is 1. The average molecular weight is 308 g/mol. The first-order valence-corrected chi connectivity index (χ1v) is 7.68. The number of carboxylic acids is 1. The first-order valence-electron chi connectivity index (χ1n) is 7.68. The van der Waals surface area contributed by atoms with Crippen LogP contribution in [0.1, 0.15) is 46.8 Å². The third kappa shape index (κ3) is 5.24. The SMILES string of the molecule is N#CCCCC(NCc1ccc(C(=O)O)cc1)c1ccccc1. The van der Waals surface area contributed by atoms with Gasteiger partial charge in [0.2, 0.25) is 0 Å². The molecule has 2 N–H and O–H groups in total. The maximum absolute atomic E-state index is 10.9. The summed E-state index contributed by atoms with van der Waals surface area (Å²) in [5.41, 5.74) is 2.53. The number of unbranched alkanes of at least 4 members (excludes halogenated alkanes) is 1. The van der Waals surface area contributed by atoms with Crippen LogP contribution in [0.15, 0.2) is 54.6 Å². The molecule has 0 spiro atoms. The molecular weight excluding hydrogens is 288 g/mol. The van der Waals surface area contributed by atoms with Crippen LogP contribution in [0.5, 0.6) is 0 Å². The number of hydrogen-bond acceptors (Lipinski definition) is 3. The Labute approximate surface area is 136 Å². The normalized spacial score (nSPS) is 11.6. The van der Waals surface area contributed by atoms with E-state index in [1.54, 1.807) is 12.1 Å². The molecule has 0 aliphatic heterocycles. The summed E-state index contributed by atoms with van der Waals surface area (Å²) in [6.45, 7) is 0.659. The lowest BCUT2D eigenvalue weighted by Crippen LogP contribution is -2.21. The van der Waals surface area contributed by atoms with E-state index < -0.39 is 5.97 Å². The van der Waals surface area contributed by atoms with Crippen molar-refractivity contribution in [2.24, 2.45) is 0 Å². The largest absolute Gasteiger partial charge is 0.478 e. The van der Waals surface area contributed by atoms with Gasteiger partial charge in [-0.25, -0.2) is 4.79 Å². The highest BCUT2D eigenvalue weighted by Crippen LogP contribution is 2.20. The Morgan fingerprint density at radius 3 is 2.43 bits per heavy atom. The summed E-state index contributed by atoms with van der Waals surface area (Å²) in [6, 6.07) is 19.4. The molecule has 118 valence electrons. The van der Waals surface area contributed by atoms with Crippen LogP contribution in [0.2, 0.25) is 0 Å². The lowest BCUT2D eigenvalue weighted by atomic mass is 10.0. The minimum atomic E-state index is -0.914. The number of carbonyl (C=O) groups is 1. The van der Waals surface area contributed by atoms with Crippen molar-refractivity contribution < 1.29 is 9.90 Å². The van der Waals surface area contributed by atoms with Gasteiger partial charge in [-0.3, -0.25) is 0 Å². The molecule has 2 aromatic carbocycles. The highest BCUT2D eigenvalue weighted by molar-refractivity contribution is 5.87. The topological polar surface area (TPSA) is 73.1 Å². The molecule has 0 fully saturated rings. The van der Waals surface area contributed by atoms with Crippen LogP contribution >= 0.6 is 0 Å². The maximum Gasteiger partial charge on any atom is 0.335 e. The monoisotopic (exact) mass is 308 g/mol. The molecule has 0 amide bonds. The van der Waals surface area contributed by atoms with Crippen LogP contribution in [0.25, 0.3) is 0 Å². The van der Waals surface area contributed by atoms with E-state index in [0.29, 0.717) is 18.5 Å². The van der Waals surface area contributed by atoms with Crippen molar-refractivity contribution in [3.05, 3.63) is 71.3 Å². The van der Waals surface area contributed by atoms with Crippen LogP contribution in [0, 0.1) is 11.3 Å². The zero-order valence-corrected chi connectivity index (χ0v) is 12.9. The molecule has 0 aromatic heterocycles. The van der Waals surface area contributed by atoms with Crippen molar-refractivity contribution >= 4 is 5.97 Å². The predicted molar refractivity (Wildman–Crippen MR) is 88.9 cm³/mol. The Morgan fingerprint density at radius 2 is 1.83 bits per heavy atom. The fourth-order valence-electron chi connectivity index (χ4n) is 2.46. The number of benzene rings is 2. The van der Waals surface area contributed by atoms with Gasteiger partial charge < -0.3 is 10.4 Å². The molecule has 0 saturated heterocycles. The molecule has 0 radical (unpaired) electrons. The van der Waals surface area contributed by atoms with Crippen molar-refractivity contribution in [2.75, 3.05) is 0 Å². The van der Waals surface area contributed by atoms with E-state index >= 15 is 0 Å². The number of nitrogens with one attached hydrogen (secondary N) is 1. The number of rotatable bonds is 8. The molecule has 0 saturated carbocycles. The number of nitrogens with zero attached hydrogens (tertiary/aromatic N) is 1. The molecule has 1 unspecified atom stereocenters. The van der Waals surface area contributed by atoms with Crippen LogP contribution in [0.4, 0.5) is 0 Å². The lowest BCUT2D eigenvalue weighted by molar-refractivity contribution is 0.0697. The Kier molecular flexibility index (Phi) is 6.34. The summed E-state index contributed by atoms with van der Waals surface area (Å²) in [5.74, 6) is -0.914. The van der Waals surface area contributed by atoms with Gasteiger partial charge in [-0.1, -0.05) is 42.5 Å². The minimum absolute atomic E-state index is 0.184. The molecule has 4 nitrogen and oxygen atoms in total. The average Bonchev–Trinajstić information content (AvgIpc) is 2.59. The second kappa shape index (κ2) is 8.72. The fourth-order valence-corrected chi connectivity index (χ4v) is 2.46. The van der Waals surface area contributed by atoms with Crippen LogP contribution < -0.4 is 5.32 Å². The van der Waals surface area contributed by atoms with Gasteiger partial charge >= 0.3 is 5.97 Å². The molecule has 23 heavy (non-hydrogen) atoms. The quantitative estimate of drug-likeness (QED) is 0.725.